The van der Waals surface area contributed by atoms with Crippen LogP contribution in [0.4, 0.5) is 10.1 Å². The number of carbonyl (C=O) groups is 1. The molecule has 2 rings (SSSR count). The maximum atomic E-state index is 14.1. The molecule has 1 aliphatic heterocycles. The molecule has 1 heterocycles. The summed E-state index contributed by atoms with van der Waals surface area (Å²) in [5, 5.41) is 11.2. The molecule has 1 unspecified atom stereocenters. The number of nitrogens with zero attached hydrogens (tertiary/aromatic N) is 2. The molecule has 0 saturated carbocycles. The molecule has 7 nitrogen and oxygen atoms in total. The van der Waals surface area contributed by atoms with Gasteiger partial charge in [0.15, 0.2) is 11.9 Å². The fraction of sp³-hybridized carbons (Fsp3) is 0.357. The van der Waals surface area contributed by atoms with Crippen molar-refractivity contribution in [2.24, 2.45) is 0 Å². The summed E-state index contributed by atoms with van der Waals surface area (Å²) >= 11 is 0. The molecule has 0 fully saturated rings. The van der Waals surface area contributed by atoms with Gasteiger partial charge in [-0.2, -0.15) is 5.17 Å². The first kappa shape index (κ1) is 16.1. The van der Waals surface area contributed by atoms with Gasteiger partial charge in [0.05, 0.1) is 18.0 Å². The molecule has 1 aliphatic rings. The molecule has 120 valence electrons. The largest absolute Gasteiger partial charge is 0.491 e. The van der Waals surface area contributed by atoms with Gasteiger partial charge in [-0.1, -0.05) is 0 Å². The van der Waals surface area contributed by atoms with Gasteiger partial charge in [0.25, 0.3) is 0 Å². The Morgan fingerprint density at radius 2 is 2.05 bits per heavy atom. The molecule has 0 bridgehead atoms. The molecule has 1 atom stereocenters. The fourth-order valence-corrected chi connectivity index (χ4v) is 1.74. The molecule has 0 amide bonds. The first-order valence-electron chi connectivity index (χ1n) is 6.75. The Hall–Kier alpha value is -2.32. The molecule has 2 N–H and O–H groups in total. The van der Waals surface area contributed by atoms with Gasteiger partial charge < -0.3 is 9.84 Å². The Kier molecular flexibility index (Phi) is 4.84. The minimum atomic E-state index is -1.10. The van der Waals surface area contributed by atoms with Gasteiger partial charge >= 0.3 is 5.97 Å². The number of halogens is 1. The number of hydrogen-bond donors (Lipinski definition) is 2. The zero-order valence-corrected chi connectivity index (χ0v) is 12.5. The highest BCUT2D eigenvalue weighted by atomic mass is 19.1. The summed E-state index contributed by atoms with van der Waals surface area (Å²) < 4.78 is 19.5. The third-order valence-corrected chi connectivity index (χ3v) is 2.73. The summed E-state index contributed by atoms with van der Waals surface area (Å²) in [4.78, 5) is 15.8. The van der Waals surface area contributed by atoms with Crippen molar-refractivity contribution in [3.05, 3.63) is 36.4 Å². The molecule has 22 heavy (non-hydrogen) atoms. The van der Waals surface area contributed by atoms with Crippen molar-refractivity contribution < 1.29 is 23.9 Å². The van der Waals surface area contributed by atoms with Crippen LogP contribution in [0, 0.1) is 5.82 Å². The normalized spacial score (nSPS) is 15.5. The topological polar surface area (TPSA) is 74.3 Å². The zero-order valence-electron chi connectivity index (χ0n) is 12.5. The smallest absolute Gasteiger partial charge is 0.335 e. The second kappa shape index (κ2) is 6.63. The van der Waals surface area contributed by atoms with Gasteiger partial charge in [-0.05, 0) is 32.9 Å². The van der Waals surface area contributed by atoms with Gasteiger partial charge in [0.2, 0.25) is 0 Å². The van der Waals surface area contributed by atoms with Crippen LogP contribution in [0.1, 0.15) is 20.8 Å². The van der Waals surface area contributed by atoms with E-state index in [4.69, 9.17) is 14.7 Å². The summed E-state index contributed by atoms with van der Waals surface area (Å²) in [5.41, 5.74) is 2.93. The second-order valence-corrected chi connectivity index (χ2v) is 4.96. The van der Waals surface area contributed by atoms with Crippen molar-refractivity contribution in [2.75, 3.05) is 5.01 Å². The van der Waals surface area contributed by atoms with Gasteiger partial charge in [0, 0.05) is 12.3 Å². The van der Waals surface area contributed by atoms with Crippen molar-refractivity contribution in [3.63, 3.8) is 0 Å². The first-order valence-corrected chi connectivity index (χ1v) is 6.75. The van der Waals surface area contributed by atoms with E-state index in [9.17, 15) is 9.18 Å². The van der Waals surface area contributed by atoms with Crippen LogP contribution < -0.4 is 15.3 Å². The van der Waals surface area contributed by atoms with Gasteiger partial charge in [-0.25, -0.2) is 14.0 Å². The summed E-state index contributed by atoms with van der Waals surface area (Å²) in [5.74, 6) is -1.15. The van der Waals surface area contributed by atoms with Crippen molar-refractivity contribution >= 4 is 11.7 Å². The lowest BCUT2D eigenvalue weighted by Crippen LogP contribution is -2.42. The number of hydrazine groups is 2. The number of ether oxygens (including phenoxy) is 1. The van der Waals surface area contributed by atoms with Crippen molar-refractivity contribution in [1.29, 1.82) is 0 Å². The minimum absolute atomic E-state index is 0.0449. The van der Waals surface area contributed by atoms with Crippen molar-refractivity contribution in [3.8, 4) is 5.75 Å². The average molecular weight is 311 g/mol. The van der Waals surface area contributed by atoms with Crippen molar-refractivity contribution in [2.45, 2.75) is 33.0 Å². The van der Waals surface area contributed by atoms with Crippen LogP contribution >= 0.6 is 0 Å². The Bertz CT molecular complexity index is 579. The Morgan fingerprint density at radius 1 is 1.32 bits per heavy atom. The Balaban J connectivity index is 2.02. The highest BCUT2D eigenvalue weighted by molar-refractivity contribution is 5.71. The van der Waals surface area contributed by atoms with Crippen LogP contribution in [0.5, 0.6) is 5.75 Å². The van der Waals surface area contributed by atoms with Crippen LogP contribution in [-0.4, -0.2) is 28.5 Å². The second-order valence-electron chi connectivity index (χ2n) is 4.96. The first-order chi connectivity index (χ1) is 10.4. The molecule has 8 heteroatoms. The summed E-state index contributed by atoms with van der Waals surface area (Å²) in [6.45, 7) is 5.10. The number of benzene rings is 1. The third-order valence-electron chi connectivity index (χ3n) is 2.73. The number of hydroxylamine groups is 1. The Morgan fingerprint density at radius 3 is 2.64 bits per heavy atom. The lowest BCUT2D eigenvalue weighted by molar-refractivity contribution is -0.201. The number of nitrogens with one attached hydrogen (secondary N) is 1. The maximum Gasteiger partial charge on any atom is 0.335 e. The molecule has 1 aromatic carbocycles. The highest BCUT2D eigenvalue weighted by Gasteiger charge is 2.21. The molecule has 0 aromatic heterocycles. The van der Waals surface area contributed by atoms with E-state index in [0.29, 0.717) is 5.75 Å². The number of aliphatic carboxylic acids is 1. The minimum Gasteiger partial charge on any atom is -0.491 e. The lowest BCUT2D eigenvalue weighted by atomic mass is 10.3. The molecular weight excluding hydrogens is 293 g/mol. The van der Waals surface area contributed by atoms with E-state index in [1.165, 1.54) is 30.4 Å². The van der Waals surface area contributed by atoms with Gasteiger partial charge in [-0.15, -0.1) is 5.53 Å². The SMILES string of the molecule is CC(C)Oc1ccc(N2C=CN(OC(C)C(=O)O)N2)c(F)c1. The number of carboxylic acid groups (broad SMARTS) is 1. The number of rotatable bonds is 6. The van der Waals surface area contributed by atoms with Crippen LogP contribution in [0.2, 0.25) is 0 Å². The molecular formula is C14H18FN3O4. The van der Waals surface area contributed by atoms with Crippen LogP contribution in [0.25, 0.3) is 0 Å². The van der Waals surface area contributed by atoms with Crippen molar-refractivity contribution in [1.82, 2.24) is 10.7 Å². The monoisotopic (exact) mass is 311 g/mol. The number of anilines is 1. The quantitative estimate of drug-likeness (QED) is 0.832. The summed E-state index contributed by atoms with van der Waals surface area (Å²) in [6.07, 6.45) is 1.87. The van der Waals surface area contributed by atoms with E-state index in [1.807, 2.05) is 13.8 Å². The molecule has 0 aliphatic carbocycles. The average Bonchev–Trinajstić information content (AvgIpc) is 2.86. The van der Waals surface area contributed by atoms with E-state index in [2.05, 4.69) is 5.53 Å². The molecule has 0 spiro atoms. The third kappa shape index (κ3) is 3.86. The van der Waals surface area contributed by atoms with E-state index in [-0.39, 0.29) is 11.8 Å². The molecule has 1 aromatic rings. The number of carboxylic acids is 1. The number of hydrogen-bond acceptors (Lipinski definition) is 6. The fourth-order valence-electron chi connectivity index (χ4n) is 1.74. The van der Waals surface area contributed by atoms with E-state index < -0.39 is 17.9 Å². The van der Waals surface area contributed by atoms with Gasteiger partial charge in [0.1, 0.15) is 5.75 Å². The summed E-state index contributed by atoms with van der Waals surface area (Å²) in [6, 6.07) is 4.49. The standard InChI is InChI=1S/C14H18FN3O4/c1-9(2)21-11-4-5-13(12(15)8-11)17-6-7-18(16-17)22-10(3)14(19)20/h4-10,16H,1-3H3,(H,19,20). The molecule has 0 saturated heterocycles. The highest BCUT2D eigenvalue weighted by Crippen LogP contribution is 2.25. The van der Waals surface area contributed by atoms with Crippen LogP contribution in [0.3, 0.4) is 0 Å². The van der Waals surface area contributed by atoms with E-state index in [1.54, 1.807) is 12.1 Å². The van der Waals surface area contributed by atoms with Crippen LogP contribution in [0.15, 0.2) is 30.6 Å². The zero-order chi connectivity index (χ0) is 16.3. The predicted octanol–water partition coefficient (Wildman–Crippen LogP) is 2.03. The van der Waals surface area contributed by atoms with E-state index in [0.717, 1.165) is 5.17 Å². The Labute approximate surface area is 127 Å². The summed E-state index contributed by atoms with van der Waals surface area (Å²) in [7, 11) is 0. The molecule has 0 radical (unpaired) electrons. The predicted molar refractivity (Wildman–Crippen MR) is 76.9 cm³/mol. The maximum absolute atomic E-state index is 14.1. The van der Waals surface area contributed by atoms with Gasteiger partial charge in [-0.3, -0.25) is 5.01 Å². The van der Waals surface area contributed by atoms with Crippen LogP contribution in [-0.2, 0) is 9.63 Å². The van der Waals surface area contributed by atoms with E-state index >= 15 is 0 Å². The lowest BCUT2D eigenvalue weighted by Gasteiger charge is -2.23.